The van der Waals surface area contributed by atoms with Crippen LogP contribution in [0.25, 0.3) is 0 Å². The second-order valence-corrected chi connectivity index (χ2v) is 5.12. The van der Waals surface area contributed by atoms with E-state index in [2.05, 4.69) is 11.8 Å². The van der Waals surface area contributed by atoms with Gasteiger partial charge in [-0.3, -0.25) is 0 Å². The van der Waals surface area contributed by atoms with Gasteiger partial charge < -0.3 is 4.74 Å². The van der Waals surface area contributed by atoms with Gasteiger partial charge in [0.25, 0.3) is 0 Å². The lowest BCUT2D eigenvalue weighted by molar-refractivity contribution is 0.305. The van der Waals surface area contributed by atoms with Crippen molar-refractivity contribution < 1.29 is 9.13 Å². The molecule has 0 unspecified atom stereocenters. The maximum Gasteiger partial charge on any atom is 0.142 e. The van der Waals surface area contributed by atoms with Gasteiger partial charge in [-0.25, -0.2) is 4.39 Å². The van der Waals surface area contributed by atoms with Gasteiger partial charge in [-0.1, -0.05) is 29.5 Å². The average Bonchev–Trinajstić information content (AvgIpc) is 2.47. The summed E-state index contributed by atoms with van der Waals surface area (Å²) in [5, 5.41) is 0.108. The van der Waals surface area contributed by atoms with Crippen LogP contribution in [0, 0.1) is 24.6 Å². The summed E-state index contributed by atoms with van der Waals surface area (Å²) in [7, 11) is 0. The number of halogens is 3. The Bertz CT molecular complexity index is 702. The standard InChI is InChI=1S/C17H13Cl2FO/c1-12-9-15(6-5-14(12)3-2-8-18)21-11-13-4-7-16(19)17(20)10-13/h4-7,9-10H,8,11H2,1H3. The molecule has 0 aromatic heterocycles. The van der Waals surface area contributed by atoms with Crippen molar-refractivity contribution in [3.63, 3.8) is 0 Å². The fourth-order valence-corrected chi connectivity index (χ4v) is 1.98. The minimum absolute atomic E-state index is 0.108. The minimum atomic E-state index is -0.444. The molecule has 108 valence electrons. The smallest absolute Gasteiger partial charge is 0.142 e. The molecule has 0 bridgehead atoms. The van der Waals surface area contributed by atoms with Crippen LogP contribution in [0.3, 0.4) is 0 Å². The molecule has 0 radical (unpaired) electrons. The van der Waals surface area contributed by atoms with Gasteiger partial charge in [-0.15, -0.1) is 11.6 Å². The third kappa shape index (κ3) is 4.39. The Morgan fingerprint density at radius 1 is 1.19 bits per heavy atom. The number of ether oxygens (including phenoxy) is 1. The molecule has 0 aliphatic rings. The molecule has 0 saturated carbocycles. The van der Waals surface area contributed by atoms with Gasteiger partial charge in [0, 0.05) is 5.56 Å². The second kappa shape index (κ2) is 7.36. The van der Waals surface area contributed by atoms with Crippen molar-refractivity contribution in [2.45, 2.75) is 13.5 Å². The average molecular weight is 323 g/mol. The first-order valence-electron chi connectivity index (χ1n) is 6.32. The highest BCUT2D eigenvalue weighted by molar-refractivity contribution is 6.30. The number of alkyl halides is 1. The van der Waals surface area contributed by atoms with E-state index in [0.717, 1.165) is 16.7 Å². The second-order valence-electron chi connectivity index (χ2n) is 4.45. The molecule has 0 aliphatic carbocycles. The van der Waals surface area contributed by atoms with Crippen molar-refractivity contribution in [2.75, 3.05) is 5.88 Å². The predicted octanol–water partition coefficient (Wildman–Crippen LogP) is 4.96. The van der Waals surface area contributed by atoms with Crippen LogP contribution >= 0.6 is 23.2 Å². The normalized spacial score (nSPS) is 9.90. The summed E-state index contributed by atoms with van der Waals surface area (Å²) in [5.74, 6) is 6.36. The maximum absolute atomic E-state index is 13.3. The topological polar surface area (TPSA) is 9.23 Å². The molecule has 2 aromatic rings. The van der Waals surface area contributed by atoms with E-state index in [4.69, 9.17) is 27.9 Å². The summed E-state index contributed by atoms with van der Waals surface area (Å²) in [6.07, 6.45) is 0. The Kier molecular flexibility index (Phi) is 5.50. The molecule has 2 rings (SSSR count). The SMILES string of the molecule is Cc1cc(OCc2ccc(Cl)c(F)c2)ccc1C#CCCl. The Hall–Kier alpha value is -1.69. The van der Waals surface area contributed by atoms with Gasteiger partial charge in [0.2, 0.25) is 0 Å². The summed E-state index contributed by atoms with van der Waals surface area (Å²) in [5.41, 5.74) is 2.65. The monoisotopic (exact) mass is 322 g/mol. The molecule has 0 saturated heterocycles. The van der Waals surface area contributed by atoms with Gasteiger partial charge in [0.1, 0.15) is 18.2 Å². The lowest BCUT2D eigenvalue weighted by Crippen LogP contribution is -1.97. The Labute approximate surface area is 133 Å². The molecule has 0 aliphatic heterocycles. The Balaban J connectivity index is 2.06. The van der Waals surface area contributed by atoms with Crippen LogP contribution in [0.15, 0.2) is 36.4 Å². The van der Waals surface area contributed by atoms with Crippen LogP contribution < -0.4 is 4.74 Å². The largest absolute Gasteiger partial charge is 0.489 e. The van der Waals surface area contributed by atoms with Crippen LogP contribution in [0.2, 0.25) is 5.02 Å². The minimum Gasteiger partial charge on any atom is -0.489 e. The molecule has 4 heteroatoms. The fraction of sp³-hybridized carbons (Fsp3) is 0.176. The zero-order valence-electron chi connectivity index (χ0n) is 11.4. The van der Waals surface area contributed by atoms with Crippen molar-refractivity contribution in [3.8, 4) is 17.6 Å². The Morgan fingerprint density at radius 3 is 2.67 bits per heavy atom. The molecule has 1 nitrogen and oxygen atoms in total. The molecular weight excluding hydrogens is 310 g/mol. The maximum atomic E-state index is 13.3. The third-order valence-electron chi connectivity index (χ3n) is 2.88. The molecule has 0 spiro atoms. The fourth-order valence-electron chi connectivity index (χ4n) is 1.79. The van der Waals surface area contributed by atoms with Crippen molar-refractivity contribution in [1.82, 2.24) is 0 Å². The van der Waals surface area contributed by atoms with Crippen LogP contribution in [-0.2, 0) is 6.61 Å². The van der Waals surface area contributed by atoms with E-state index in [1.54, 1.807) is 6.07 Å². The lowest BCUT2D eigenvalue weighted by atomic mass is 10.1. The number of hydrogen-bond donors (Lipinski definition) is 0. The molecule has 21 heavy (non-hydrogen) atoms. The highest BCUT2D eigenvalue weighted by Gasteiger charge is 2.03. The van der Waals surface area contributed by atoms with Gasteiger partial charge >= 0.3 is 0 Å². The number of hydrogen-bond acceptors (Lipinski definition) is 1. The first-order chi connectivity index (χ1) is 10.1. The molecule has 0 amide bonds. The summed E-state index contributed by atoms with van der Waals surface area (Å²) < 4.78 is 19.0. The Morgan fingerprint density at radius 2 is 2.00 bits per heavy atom. The number of rotatable bonds is 3. The quantitative estimate of drug-likeness (QED) is 0.573. The zero-order valence-corrected chi connectivity index (χ0v) is 12.9. The van der Waals surface area contributed by atoms with Crippen LogP contribution in [0.5, 0.6) is 5.75 Å². The summed E-state index contributed by atoms with van der Waals surface area (Å²) in [4.78, 5) is 0. The van der Waals surface area contributed by atoms with Crippen LogP contribution in [0.1, 0.15) is 16.7 Å². The van der Waals surface area contributed by atoms with Crippen molar-refractivity contribution in [1.29, 1.82) is 0 Å². The number of benzene rings is 2. The van der Waals surface area contributed by atoms with Crippen LogP contribution in [0.4, 0.5) is 4.39 Å². The number of aryl methyl sites for hydroxylation is 1. The van der Waals surface area contributed by atoms with E-state index in [1.807, 2.05) is 25.1 Å². The van der Waals surface area contributed by atoms with E-state index >= 15 is 0 Å². The molecular formula is C17H13Cl2FO. The first-order valence-corrected chi connectivity index (χ1v) is 7.23. The summed E-state index contributed by atoms with van der Waals surface area (Å²) in [6.45, 7) is 2.23. The van der Waals surface area contributed by atoms with Crippen molar-refractivity contribution in [3.05, 3.63) is 63.9 Å². The third-order valence-corrected chi connectivity index (χ3v) is 3.32. The molecule has 2 aromatic carbocycles. The van der Waals surface area contributed by atoms with E-state index in [-0.39, 0.29) is 11.6 Å². The summed E-state index contributed by atoms with van der Waals surface area (Å²) in [6, 6.07) is 10.2. The van der Waals surface area contributed by atoms with Gasteiger partial charge in [0.15, 0.2) is 0 Å². The first kappa shape index (κ1) is 15.7. The molecule has 0 N–H and O–H groups in total. The highest BCUT2D eigenvalue weighted by atomic mass is 35.5. The van der Waals surface area contributed by atoms with Gasteiger partial charge in [0.05, 0.1) is 10.9 Å². The zero-order chi connectivity index (χ0) is 15.2. The van der Waals surface area contributed by atoms with E-state index < -0.39 is 5.82 Å². The highest BCUT2D eigenvalue weighted by Crippen LogP contribution is 2.20. The van der Waals surface area contributed by atoms with E-state index in [1.165, 1.54) is 12.1 Å². The van der Waals surface area contributed by atoms with Crippen LogP contribution in [-0.4, -0.2) is 5.88 Å². The predicted molar refractivity (Wildman–Crippen MR) is 84.5 cm³/mol. The molecule has 0 heterocycles. The van der Waals surface area contributed by atoms with Gasteiger partial charge in [-0.05, 0) is 48.4 Å². The van der Waals surface area contributed by atoms with E-state index in [0.29, 0.717) is 11.6 Å². The summed E-state index contributed by atoms with van der Waals surface area (Å²) >= 11 is 11.2. The molecule has 0 atom stereocenters. The van der Waals surface area contributed by atoms with E-state index in [9.17, 15) is 4.39 Å². The lowest BCUT2D eigenvalue weighted by Gasteiger charge is -2.08. The molecule has 0 fully saturated rings. The van der Waals surface area contributed by atoms with Crippen molar-refractivity contribution in [2.24, 2.45) is 0 Å². The van der Waals surface area contributed by atoms with Crippen molar-refractivity contribution >= 4 is 23.2 Å². The van der Waals surface area contributed by atoms with Gasteiger partial charge in [-0.2, -0.15) is 0 Å².